The van der Waals surface area contributed by atoms with Gasteiger partial charge in [-0.2, -0.15) is 5.10 Å². The second-order valence-electron chi connectivity index (χ2n) is 4.95. The summed E-state index contributed by atoms with van der Waals surface area (Å²) in [5, 5.41) is 27.8. The lowest BCUT2D eigenvalue weighted by Crippen LogP contribution is -2.12. The fraction of sp³-hybridized carbons (Fsp3) is 0.200. The van der Waals surface area contributed by atoms with Crippen LogP contribution in [0.1, 0.15) is 23.0 Å². The van der Waals surface area contributed by atoms with Crippen molar-refractivity contribution >= 4 is 34.1 Å². The Hall–Kier alpha value is -2.39. The Morgan fingerprint density at radius 1 is 1.38 bits per heavy atom. The number of aromatic amines is 1. The van der Waals surface area contributed by atoms with E-state index in [0.717, 1.165) is 15.7 Å². The molecule has 0 fully saturated rings. The van der Waals surface area contributed by atoms with Crippen molar-refractivity contribution in [2.75, 3.05) is 11.1 Å². The Balaban J connectivity index is 1.75. The molecule has 3 rings (SSSR count). The van der Waals surface area contributed by atoms with Crippen molar-refractivity contribution in [1.82, 2.24) is 20.4 Å². The molecule has 0 aliphatic carbocycles. The number of carbonyl (C=O) groups is 1. The smallest absolute Gasteiger partial charge is 0.275 e. The van der Waals surface area contributed by atoms with Crippen LogP contribution < -0.4 is 5.32 Å². The van der Waals surface area contributed by atoms with E-state index in [1.807, 2.05) is 19.9 Å². The van der Waals surface area contributed by atoms with E-state index in [9.17, 15) is 9.90 Å². The van der Waals surface area contributed by atoms with Gasteiger partial charge in [-0.3, -0.25) is 15.2 Å². The van der Waals surface area contributed by atoms with Crippen LogP contribution in [0.15, 0.2) is 28.6 Å². The highest BCUT2D eigenvalue weighted by molar-refractivity contribution is 8.01. The molecule has 0 atom stereocenters. The quantitative estimate of drug-likeness (QED) is 0.476. The van der Waals surface area contributed by atoms with Crippen molar-refractivity contribution < 1.29 is 9.90 Å². The maximum Gasteiger partial charge on any atom is 0.275 e. The van der Waals surface area contributed by atoms with Crippen LogP contribution in [0.5, 0.6) is 5.75 Å². The molecule has 24 heavy (non-hydrogen) atoms. The molecule has 3 aromatic rings. The first-order valence-electron chi connectivity index (χ1n) is 7.20. The third kappa shape index (κ3) is 3.57. The Morgan fingerprint density at radius 2 is 2.21 bits per heavy atom. The number of anilines is 1. The van der Waals surface area contributed by atoms with Crippen LogP contribution in [0.4, 0.5) is 5.13 Å². The number of amides is 1. The van der Waals surface area contributed by atoms with Crippen molar-refractivity contribution in [1.29, 1.82) is 0 Å². The summed E-state index contributed by atoms with van der Waals surface area (Å²) in [6, 6.07) is 6.87. The average molecular weight is 361 g/mol. The zero-order valence-corrected chi connectivity index (χ0v) is 14.7. The first-order chi connectivity index (χ1) is 11.6. The molecular formula is C15H15N5O2S2. The minimum absolute atomic E-state index is 0.124. The molecule has 0 saturated carbocycles. The molecule has 2 aromatic heterocycles. The summed E-state index contributed by atoms with van der Waals surface area (Å²) in [5.41, 5.74) is 2.29. The van der Waals surface area contributed by atoms with Gasteiger partial charge in [0.25, 0.3) is 5.91 Å². The number of aryl methyl sites for hydroxylation is 1. The van der Waals surface area contributed by atoms with E-state index in [0.29, 0.717) is 16.4 Å². The molecule has 0 spiro atoms. The molecule has 1 aromatic carbocycles. The van der Waals surface area contributed by atoms with Gasteiger partial charge in [0.05, 0.1) is 5.69 Å². The molecule has 2 heterocycles. The number of phenolic OH excluding ortho intramolecular Hbond substituents is 1. The van der Waals surface area contributed by atoms with Crippen LogP contribution in [0.3, 0.4) is 0 Å². The van der Waals surface area contributed by atoms with Gasteiger partial charge in [-0.05, 0) is 36.4 Å². The van der Waals surface area contributed by atoms with E-state index in [1.54, 1.807) is 30.0 Å². The van der Waals surface area contributed by atoms with E-state index in [2.05, 4.69) is 25.7 Å². The minimum atomic E-state index is -0.357. The number of H-pyrrole nitrogens is 1. The normalized spacial score (nSPS) is 10.8. The summed E-state index contributed by atoms with van der Waals surface area (Å²) in [7, 11) is 0. The van der Waals surface area contributed by atoms with Crippen LogP contribution in [-0.2, 0) is 0 Å². The summed E-state index contributed by atoms with van der Waals surface area (Å²) in [6.07, 6.45) is 0. The van der Waals surface area contributed by atoms with Gasteiger partial charge in [-0.15, -0.1) is 10.2 Å². The molecule has 0 unspecified atom stereocenters. The molecule has 3 N–H and O–H groups in total. The number of nitrogens with one attached hydrogen (secondary N) is 2. The molecule has 1 amide bonds. The number of aromatic nitrogens is 4. The fourth-order valence-corrected chi connectivity index (χ4v) is 3.68. The number of rotatable bonds is 5. The van der Waals surface area contributed by atoms with Crippen molar-refractivity contribution in [3.8, 4) is 17.0 Å². The van der Waals surface area contributed by atoms with Crippen molar-refractivity contribution in [3.63, 3.8) is 0 Å². The molecule has 7 nitrogen and oxygen atoms in total. The summed E-state index contributed by atoms with van der Waals surface area (Å²) < 4.78 is 0.808. The SMILES string of the molecule is CCSc1nnc(NC(=O)c2cc(-c3ccc(C)cc3O)n[nH]2)s1. The zero-order valence-electron chi connectivity index (χ0n) is 13.0. The predicted octanol–water partition coefficient (Wildman–Crippen LogP) is 3.31. The first kappa shape index (κ1) is 16.5. The lowest BCUT2D eigenvalue weighted by Gasteiger charge is -2.01. The van der Waals surface area contributed by atoms with Gasteiger partial charge >= 0.3 is 0 Å². The number of hydrogen-bond donors (Lipinski definition) is 3. The van der Waals surface area contributed by atoms with Gasteiger partial charge in [0.2, 0.25) is 5.13 Å². The summed E-state index contributed by atoms with van der Waals surface area (Å²) in [6.45, 7) is 3.91. The van der Waals surface area contributed by atoms with Gasteiger partial charge in [0.1, 0.15) is 11.4 Å². The lowest BCUT2D eigenvalue weighted by atomic mass is 10.1. The standard InChI is InChI=1S/C15H15N5O2S2/c1-3-23-15-20-19-14(24-15)16-13(22)11-7-10(17-18-11)9-5-4-8(2)6-12(9)21/h4-7,21H,3H2,1-2H3,(H,17,18)(H,16,19,22). The lowest BCUT2D eigenvalue weighted by molar-refractivity contribution is 0.102. The van der Waals surface area contributed by atoms with Gasteiger partial charge in [-0.1, -0.05) is 36.1 Å². The van der Waals surface area contributed by atoms with Gasteiger partial charge in [0.15, 0.2) is 4.34 Å². The highest BCUT2D eigenvalue weighted by atomic mass is 32.2. The molecule has 0 aliphatic rings. The van der Waals surface area contributed by atoms with Crippen molar-refractivity contribution in [2.24, 2.45) is 0 Å². The topological polar surface area (TPSA) is 104 Å². The van der Waals surface area contributed by atoms with E-state index in [-0.39, 0.29) is 17.4 Å². The van der Waals surface area contributed by atoms with Gasteiger partial charge in [0, 0.05) is 5.56 Å². The zero-order chi connectivity index (χ0) is 17.1. The Labute approximate surface area is 146 Å². The minimum Gasteiger partial charge on any atom is -0.507 e. The summed E-state index contributed by atoms with van der Waals surface area (Å²) in [4.78, 5) is 12.3. The van der Waals surface area contributed by atoms with Crippen molar-refractivity contribution in [3.05, 3.63) is 35.5 Å². The van der Waals surface area contributed by atoms with Gasteiger partial charge < -0.3 is 5.11 Å². The number of carbonyl (C=O) groups excluding carboxylic acids is 1. The van der Waals surface area contributed by atoms with Crippen LogP contribution in [0.2, 0.25) is 0 Å². The second kappa shape index (κ2) is 7.02. The Morgan fingerprint density at radius 3 is 2.96 bits per heavy atom. The maximum atomic E-state index is 12.3. The number of benzene rings is 1. The van der Waals surface area contributed by atoms with Crippen LogP contribution in [0.25, 0.3) is 11.3 Å². The number of hydrogen-bond acceptors (Lipinski definition) is 7. The highest BCUT2D eigenvalue weighted by Gasteiger charge is 2.15. The highest BCUT2D eigenvalue weighted by Crippen LogP contribution is 2.29. The summed E-state index contributed by atoms with van der Waals surface area (Å²) in [5.74, 6) is 0.662. The molecular weight excluding hydrogens is 346 g/mol. The third-order valence-corrected chi connectivity index (χ3v) is 5.00. The third-order valence-electron chi connectivity index (χ3n) is 3.15. The predicted molar refractivity (Wildman–Crippen MR) is 94.7 cm³/mol. The largest absolute Gasteiger partial charge is 0.507 e. The molecule has 9 heteroatoms. The summed E-state index contributed by atoms with van der Waals surface area (Å²) >= 11 is 2.89. The number of aromatic hydroxyl groups is 1. The van der Waals surface area contributed by atoms with Gasteiger partial charge in [-0.25, -0.2) is 0 Å². The Kier molecular flexibility index (Phi) is 4.81. The van der Waals surface area contributed by atoms with Crippen LogP contribution in [0, 0.1) is 6.92 Å². The Bertz CT molecular complexity index is 874. The number of nitrogens with zero attached hydrogens (tertiary/aromatic N) is 3. The molecule has 0 radical (unpaired) electrons. The van der Waals surface area contributed by atoms with E-state index < -0.39 is 0 Å². The second-order valence-corrected chi connectivity index (χ2v) is 7.44. The van der Waals surface area contributed by atoms with E-state index in [4.69, 9.17) is 0 Å². The first-order valence-corrected chi connectivity index (χ1v) is 9.00. The molecule has 124 valence electrons. The fourth-order valence-electron chi connectivity index (χ4n) is 2.04. The van der Waals surface area contributed by atoms with E-state index >= 15 is 0 Å². The molecule has 0 bridgehead atoms. The average Bonchev–Trinajstić information content (AvgIpc) is 3.17. The maximum absolute atomic E-state index is 12.3. The van der Waals surface area contributed by atoms with Crippen molar-refractivity contribution in [2.45, 2.75) is 18.2 Å². The van der Waals surface area contributed by atoms with E-state index in [1.165, 1.54) is 11.3 Å². The van der Waals surface area contributed by atoms with Crippen LogP contribution >= 0.6 is 23.1 Å². The number of phenols is 1. The molecule has 0 saturated heterocycles. The molecule has 0 aliphatic heterocycles. The van der Waals surface area contributed by atoms with Crippen LogP contribution in [-0.4, -0.2) is 37.2 Å². The monoisotopic (exact) mass is 361 g/mol. The number of thioether (sulfide) groups is 1.